The molecule has 2 N–H and O–H groups in total. The van der Waals surface area contributed by atoms with E-state index in [1.54, 1.807) is 18.3 Å². The van der Waals surface area contributed by atoms with Gasteiger partial charge in [0.1, 0.15) is 11.3 Å². The maximum absolute atomic E-state index is 13.4. The topological polar surface area (TPSA) is 123 Å². The van der Waals surface area contributed by atoms with Gasteiger partial charge in [0.15, 0.2) is 21.5 Å². The third-order valence-corrected chi connectivity index (χ3v) is 7.33. The molecule has 0 bridgehead atoms. The summed E-state index contributed by atoms with van der Waals surface area (Å²) in [6, 6.07) is 6.90. The second-order valence-corrected chi connectivity index (χ2v) is 11.6. The first-order chi connectivity index (χ1) is 17.3. The Morgan fingerprint density at radius 2 is 2.00 bits per heavy atom. The molecule has 1 spiro atoms. The van der Waals surface area contributed by atoms with Crippen LogP contribution in [0.4, 0.5) is 19.0 Å². The summed E-state index contributed by atoms with van der Waals surface area (Å²) in [7, 11) is -3.65. The van der Waals surface area contributed by atoms with Gasteiger partial charge in [-0.25, -0.2) is 13.4 Å². The first-order valence-electron chi connectivity index (χ1n) is 11.3. The average molecular weight is 534 g/mol. The van der Waals surface area contributed by atoms with Crippen LogP contribution in [0.3, 0.4) is 0 Å². The number of amides is 2. The SMILES string of the molecule is Cc1ccc(-n2nc3c(c2NC(=O)CS(C)(=O)=O)C(=O)N[C@@]2(CCc4cc(C(F)(F)F)ccc42)C3)nc1. The molecule has 1 atom stereocenters. The Kier molecular flexibility index (Phi) is 5.66. The van der Waals surface area contributed by atoms with Crippen LogP contribution in [-0.2, 0) is 39.2 Å². The number of pyridine rings is 1. The van der Waals surface area contributed by atoms with E-state index < -0.39 is 44.7 Å². The number of hydrogen-bond donors (Lipinski definition) is 2. The molecule has 1 aliphatic carbocycles. The summed E-state index contributed by atoms with van der Waals surface area (Å²) in [4.78, 5) is 30.3. The normalized spacial score (nSPS) is 18.9. The molecule has 0 radical (unpaired) electrons. The van der Waals surface area contributed by atoms with E-state index in [4.69, 9.17) is 0 Å². The molecule has 0 unspecified atom stereocenters. The average Bonchev–Trinajstić information content (AvgIpc) is 3.31. The summed E-state index contributed by atoms with van der Waals surface area (Å²) in [5.74, 6) is -1.97. The van der Waals surface area contributed by atoms with Crippen molar-refractivity contribution in [3.05, 3.63) is 70.0 Å². The fourth-order valence-electron chi connectivity index (χ4n) is 4.95. The number of benzene rings is 1. The van der Waals surface area contributed by atoms with Crippen LogP contribution in [0, 0.1) is 6.92 Å². The first-order valence-corrected chi connectivity index (χ1v) is 13.4. The van der Waals surface area contributed by atoms with Crippen molar-refractivity contribution in [2.75, 3.05) is 17.3 Å². The van der Waals surface area contributed by atoms with E-state index in [9.17, 15) is 31.2 Å². The van der Waals surface area contributed by atoms with Gasteiger partial charge in [-0.2, -0.15) is 23.0 Å². The van der Waals surface area contributed by atoms with Crippen molar-refractivity contribution >= 4 is 27.5 Å². The monoisotopic (exact) mass is 533 g/mol. The fourth-order valence-corrected chi connectivity index (χ4v) is 5.50. The highest BCUT2D eigenvalue weighted by Crippen LogP contribution is 2.45. The maximum atomic E-state index is 13.4. The lowest BCUT2D eigenvalue weighted by molar-refractivity contribution is -0.137. The molecule has 5 rings (SSSR count). The van der Waals surface area contributed by atoms with Gasteiger partial charge in [-0.3, -0.25) is 9.59 Å². The van der Waals surface area contributed by atoms with Gasteiger partial charge in [0, 0.05) is 18.9 Å². The lowest BCUT2D eigenvalue weighted by Gasteiger charge is -2.35. The van der Waals surface area contributed by atoms with Crippen molar-refractivity contribution in [2.45, 2.75) is 37.9 Å². The molecule has 0 saturated carbocycles. The van der Waals surface area contributed by atoms with Gasteiger partial charge in [0.05, 0.1) is 16.8 Å². The summed E-state index contributed by atoms with van der Waals surface area (Å²) < 4.78 is 64.2. The van der Waals surface area contributed by atoms with Crippen LogP contribution in [0.25, 0.3) is 5.82 Å². The molecule has 3 aromatic rings. The number of sulfone groups is 1. The Labute approximate surface area is 210 Å². The summed E-state index contributed by atoms with van der Waals surface area (Å²) >= 11 is 0. The van der Waals surface area contributed by atoms with Gasteiger partial charge in [-0.1, -0.05) is 12.1 Å². The zero-order valence-corrected chi connectivity index (χ0v) is 20.6. The van der Waals surface area contributed by atoms with Crippen LogP contribution in [-0.4, -0.2) is 47.0 Å². The number of alkyl halides is 3. The molecule has 2 amide bonds. The molecule has 9 nitrogen and oxygen atoms in total. The van der Waals surface area contributed by atoms with Gasteiger partial charge in [-0.15, -0.1) is 0 Å². The minimum absolute atomic E-state index is 0.0296. The molecule has 3 heterocycles. The fraction of sp³-hybridized carbons (Fsp3) is 0.333. The van der Waals surface area contributed by atoms with E-state index in [0.717, 1.165) is 24.0 Å². The van der Waals surface area contributed by atoms with Crippen LogP contribution in [0.15, 0.2) is 36.5 Å². The number of rotatable bonds is 4. The Morgan fingerprint density at radius 1 is 1.24 bits per heavy atom. The maximum Gasteiger partial charge on any atom is 0.416 e. The molecule has 37 heavy (non-hydrogen) atoms. The van der Waals surface area contributed by atoms with E-state index in [1.165, 1.54) is 10.7 Å². The van der Waals surface area contributed by atoms with Gasteiger partial charge in [0.25, 0.3) is 5.91 Å². The Morgan fingerprint density at radius 3 is 2.65 bits per heavy atom. The number of hydrogen-bond acceptors (Lipinski definition) is 6. The largest absolute Gasteiger partial charge is 0.416 e. The highest BCUT2D eigenvalue weighted by molar-refractivity contribution is 7.91. The number of nitrogens with zero attached hydrogens (tertiary/aromatic N) is 3. The Hall–Kier alpha value is -3.74. The smallest absolute Gasteiger partial charge is 0.342 e. The summed E-state index contributed by atoms with van der Waals surface area (Å²) in [6.07, 6.45) is -1.11. The number of halogens is 3. The molecule has 1 aromatic carbocycles. The quantitative estimate of drug-likeness (QED) is 0.532. The van der Waals surface area contributed by atoms with Crippen molar-refractivity contribution in [1.82, 2.24) is 20.1 Å². The number of carbonyl (C=O) groups is 2. The molecule has 2 aliphatic rings. The summed E-state index contributed by atoms with van der Waals surface area (Å²) in [5, 5.41) is 9.98. The highest BCUT2D eigenvalue weighted by Gasteiger charge is 2.47. The van der Waals surface area contributed by atoms with E-state index >= 15 is 0 Å². The Bertz CT molecular complexity index is 1550. The lowest BCUT2D eigenvalue weighted by Crippen LogP contribution is -2.50. The predicted molar refractivity (Wildman–Crippen MR) is 127 cm³/mol. The zero-order chi connectivity index (χ0) is 26.8. The van der Waals surface area contributed by atoms with Crippen molar-refractivity contribution in [1.29, 1.82) is 0 Å². The molecule has 13 heteroatoms. The Balaban J connectivity index is 1.59. The van der Waals surface area contributed by atoms with Crippen LogP contribution < -0.4 is 10.6 Å². The van der Waals surface area contributed by atoms with Crippen LogP contribution in [0.1, 0.15) is 44.7 Å². The second-order valence-electron chi connectivity index (χ2n) is 9.48. The predicted octanol–water partition coefficient (Wildman–Crippen LogP) is 2.71. The van der Waals surface area contributed by atoms with Crippen molar-refractivity contribution in [3.8, 4) is 5.82 Å². The molecule has 194 valence electrons. The van der Waals surface area contributed by atoms with Gasteiger partial charge < -0.3 is 10.6 Å². The van der Waals surface area contributed by atoms with Crippen molar-refractivity contribution < 1.29 is 31.2 Å². The molecule has 1 aliphatic heterocycles. The van der Waals surface area contributed by atoms with Crippen molar-refractivity contribution in [2.24, 2.45) is 0 Å². The zero-order valence-electron chi connectivity index (χ0n) is 19.8. The van der Waals surface area contributed by atoms with Gasteiger partial charge in [0.2, 0.25) is 5.91 Å². The standard InChI is InChI=1S/C24H22F3N5O4S/c1-13-3-6-18(28-11-13)32-21(29-19(33)12-37(2,35)36)20-17(31-32)10-23(30-22(20)34)8-7-14-9-15(24(25,26)27)4-5-16(14)23/h3-6,9,11H,7-8,10,12H2,1-2H3,(H,29,33)(H,30,34)/t23-/m0/s1. The number of aryl methyl sites for hydroxylation is 2. The van der Waals surface area contributed by atoms with Gasteiger partial charge >= 0.3 is 6.18 Å². The number of anilines is 1. The van der Waals surface area contributed by atoms with Crippen molar-refractivity contribution in [3.63, 3.8) is 0 Å². The minimum Gasteiger partial charge on any atom is -0.342 e. The number of carbonyl (C=O) groups excluding carboxylic acids is 2. The van der Waals surface area contributed by atoms with Crippen LogP contribution in [0.5, 0.6) is 0 Å². The molecular formula is C24H22F3N5O4S. The second kappa shape index (κ2) is 8.40. The third kappa shape index (κ3) is 4.59. The highest BCUT2D eigenvalue weighted by atomic mass is 32.2. The first kappa shape index (κ1) is 24.9. The van der Waals surface area contributed by atoms with Gasteiger partial charge in [-0.05, 0) is 54.7 Å². The third-order valence-electron chi connectivity index (χ3n) is 6.54. The summed E-state index contributed by atoms with van der Waals surface area (Å²) in [5.41, 5.74) is 0.601. The lowest BCUT2D eigenvalue weighted by atomic mass is 9.82. The van der Waals surface area contributed by atoms with E-state index in [-0.39, 0.29) is 23.6 Å². The number of fused-ring (bicyclic) bond motifs is 3. The number of nitrogens with one attached hydrogen (secondary N) is 2. The number of aromatic nitrogens is 3. The van der Waals surface area contributed by atoms with Crippen LogP contribution >= 0.6 is 0 Å². The summed E-state index contributed by atoms with van der Waals surface area (Å²) in [6.45, 7) is 1.83. The molecule has 0 saturated heterocycles. The molecular weight excluding hydrogens is 511 g/mol. The minimum atomic E-state index is -4.48. The van der Waals surface area contributed by atoms with E-state index in [2.05, 4.69) is 20.7 Å². The van der Waals surface area contributed by atoms with Crippen LogP contribution in [0.2, 0.25) is 0 Å². The molecule has 0 fully saturated rings. The van der Waals surface area contributed by atoms with E-state index in [1.807, 2.05) is 6.92 Å². The van der Waals surface area contributed by atoms with E-state index in [0.29, 0.717) is 29.7 Å². The molecule has 2 aromatic heterocycles.